The Kier molecular flexibility index (Phi) is 13.2. The molecule has 0 N–H and O–H groups in total. The lowest BCUT2D eigenvalue weighted by Gasteiger charge is -2.47. The molecule has 1 aromatic rings. The summed E-state index contributed by atoms with van der Waals surface area (Å²) in [5, 5.41) is 0. The lowest BCUT2D eigenvalue weighted by Crippen LogP contribution is -2.59. The van der Waals surface area contributed by atoms with E-state index in [1.54, 1.807) is 0 Å². The highest BCUT2D eigenvalue weighted by atomic mass is 28.5. The summed E-state index contributed by atoms with van der Waals surface area (Å²) in [6.45, 7) is 33.2. The van der Waals surface area contributed by atoms with Gasteiger partial charge in [-0.15, -0.1) is 0 Å². The predicted octanol–water partition coefficient (Wildman–Crippen LogP) is 11.3. The third-order valence-electron chi connectivity index (χ3n) is 9.06. The number of hydrogen-bond acceptors (Lipinski definition) is 6. The molecule has 11 heteroatoms. The fourth-order valence-corrected chi connectivity index (χ4v) is 31.4. The predicted molar refractivity (Wildman–Crippen MR) is 206 cm³/mol. The van der Waals surface area contributed by atoms with Crippen LogP contribution in [0.5, 0.6) is 11.5 Å². The molecule has 2 atom stereocenters. The minimum atomic E-state index is -2.71. The molecule has 46 heavy (non-hydrogen) atoms. The number of benzene rings is 1. The highest BCUT2D eigenvalue weighted by molar-refractivity contribution is 6.90. The molecule has 0 amide bonds. The fraction of sp³-hybridized carbons (Fsp3) is 0.771. The molecule has 0 aromatic heterocycles. The Labute approximate surface area is 288 Å². The molecule has 0 saturated carbocycles. The largest absolute Gasteiger partial charge is 0.520 e. The van der Waals surface area contributed by atoms with Gasteiger partial charge in [-0.2, -0.15) is 0 Å². The quantitative estimate of drug-likeness (QED) is 0.0906. The van der Waals surface area contributed by atoms with Crippen LogP contribution in [0.1, 0.15) is 96.6 Å². The van der Waals surface area contributed by atoms with E-state index in [2.05, 4.69) is 118 Å². The molecule has 1 heterocycles. The first-order chi connectivity index (χ1) is 21.0. The Balaban J connectivity index is 1.86. The van der Waals surface area contributed by atoms with E-state index in [1.807, 2.05) is 0 Å². The van der Waals surface area contributed by atoms with Crippen LogP contribution in [0.3, 0.4) is 0 Å². The fourth-order valence-electron chi connectivity index (χ4n) is 7.81. The van der Waals surface area contributed by atoms with E-state index in [4.69, 9.17) is 25.6 Å². The number of allylic oxidation sites excluding steroid dienone is 2. The van der Waals surface area contributed by atoms with Crippen molar-refractivity contribution in [3.63, 3.8) is 0 Å². The summed E-state index contributed by atoms with van der Waals surface area (Å²) in [5.41, 5.74) is 3.71. The summed E-state index contributed by atoms with van der Waals surface area (Å²) >= 11 is 0. The summed E-state index contributed by atoms with van der Waals surface area (Å²) in [5.74, 6) is 2.61. The van der Waals surface area contributed by atoms with Crippen LogP contribution < -0.4 is 9.16 Å². The Bertz CT molecular complexity index is 1210. The molecular weight excluding hydrogens is 657 g/mol. The first-order valence-corrected chi connectivity index (χ1v) is 32.4. The zero-order valence-corrected chi connectivity index (χ0v) is 37.2. The number of aryl methyl sites for hydroxylation is 1. The van der Waals surface area contributed by atoms with Gasteiger partial charge in [-0.3, -0.25) is 0 Å². The van der Waals surface area contributed by atoms with Gasteiger partial charge in [-0.1, -0.05) is 51.2 Å². The van der Waals surface area contributed by atoms with E-state index in [-0.39, 0.29) is 11.5 Å². The standard InChI is InChI=1S/C35H68O6Si5/c1-16-18-20-21-29-26-32-34(30-25-28(3)22-23-31(30)35(4,5)36-32)33(27-29)37-43(8,9)39-45(12,13)41-46(14,15)40-44(10,11)38-42(6,7)24-19-17-2/h25-27,30-31H,16-24H2,1-15H3/t30-,31-/m1/s1. The molecule has 0 unspecified atom stereocenters. The maximum Gasteiger partial charge on any atom is 0.383 e. The number of hydrogen-bond donors (Lipinski definition) is 0. The summed E-state index contributed by atoms with van der Waals surface area (Å²) in [6.07, 6.45) is 11.7. The number of fused-ring (bicyclic) bond motifs is 3. The molecule has 1 aliphatic carbocycles. The van der Waals surface area contributed by atoms with Crippen molar-refractivity contribution >= 4 is 42.6 Å². The number of unbranched alkanes of at least 4 members (excludes halogenated alkanes) is 3. The van der Waals surface area contributed by atoms with Crippen molar-refractivity contribution in [3.8, 4) is 11.5 Å². The van der Waals surface area contributed by atoms with E-state index in [0.717, 1.165) is 43.2 Å². The molecule has 0 spiro atoms. The smallest absolute Gasteiger partial charge is 0.383 e. The van der Waals surface area contributed by atoms with Gasteiger partial charge in [0.1, 0.15) is 17.1 Å². The van der Waals surface area contributed by atoms with Gasteiger partial charge in [0.05, 0.1) is 0 Å². The SMILES string of the molecule is CCCCCc1cc2c(c(O[Si](C)(C)O[Si](C)(C)O[Si](C)(C)O[Si](C)(C)O[Si](C)(C)CCCC)c1)[C@@H]1C=C(C)CC[C@H]1C(C)(C)O2. The highest BCUT2D eigenvalue weighted by Gasteiger charge is 2.49. The van der Waals surface area contributed by atoms with E-state index >= 15 is 0 Å². The first-order valence-electron chi connectivity index (χ1n) is 18.0. The van der Waals surface area contributed by atoms with E-state index in [0.29, 0.717) is 5.92 Å². The lowest BCUT2D eigenvalue weighted by molar-refractivity contribution is 0.0109. The lowest BCUT2D eigenvalue weighted by atomic mass is 9.68. The average Bonchev–Trinajstić information content (AvgIpc) is 2.83. The second-order valence-corrected chi connectivity index (χ2v) is 35.5. The van der Waals surface area contributed by atoms with Crippen molar-refractivity contribution in [2.24, 2.45) is 5.92 Å². The second kappa shape index (κ2) is 15.2. The van der Waals surface area contributed by atoms with Gasteiger partial charge >= 0.3 is 34.2 Å². The summed E-state index contributed by atoms with van der Waals surface area (Å²) < 4.78 is 41.4. The molecular formula is C35H68O6Si5. The van der Waals surface area contributed by atoms with Gasteiger partial charge in [0.2, 0.25) is 0 Å². The van der Waals surface area contributed by atoms with Crippen LogP contribution in [-0.4, -0.2) is 48.2 Å². The summed E-state index contributed by atoms with van der Waals surface area (Å²) in [7, 11) is -12.1. The van der Waals surface area contributed by atoms with Gasteiger partial charge in [-0.25, -0.2) is 0 Å². The van der Waals surface area contributed by atoms with Crippen LogP contribution in [-0.2, 0) is 22.9 Å². The Morgan fingerprint density at radius 2 is 1.33 bits per heavy atom. The van der Waals surface area contributed by atoms with Gasteiger partial charge in [0.15, 0.2) is 8.32 Å². The maximum absolute atomic E-state index is 7.08. The second-order valence-electron chi connectivity index (χ2n) is 16.8. The number of ether oxygens (including phenoxy) is 1. The minimum absolute atomic E-state index is 0.231. The van der Waals surface area contributed by atoms with Crippen LogP contribution in [0.2, 0.25) is 71.5 Å². The summed E-state index contributed by atoms with van der Waals surface area (Å²) in [6, 6.07) is 5.74. The molecule has 0 fully saturated rings. The Morgan fingerprint density at radius 1 is 0.761 bits per heavy atom. The molecule has 1 aromatic carbocycles. The van der Waals surface area contributed by atoms with Crippen molar-refractivity contribution in [1.82, 2.24) is 0 Å². The zero-order chi connectivity index (χ0) is 34.8. The van der Waals surface area contributed by atoms with Crippen LogP contribution in [0.25, 0.3) is 0 Å². The van der Waals surface area contributed by atoms with Crippen molar-refractivity contribution in [1.29, 1.82) is 0 Å². The van der Waals surface area contributed by atoms with Gasteiger partial charge in [0.25, 0.3) is 0 Å². The van der Waals surface area contributed by atoms with E-state index in [9.17, 15) is 0 Å². The molecule has 0 saturated heterocycles. The topological polar surface area (TPSA) is 55.4 Å². The highest BCUT2D eigenvalue weighted by Crippen LogP contribution is 2.54. The molecule has 1 aliphatic heterocycles. The summed E-state index contributed by atoms with van der Waals surface area (Å²) in [4.78, 5) is 0. The van der Waals surface area contributed by atoms with E-state index in [1.165, 1.54) is 42.4 Å². The Morgan fingerprint density at radius 3 is 1.91 bits per heavy atom. The molecule has 2 aliphatic rings. The van der Waals surface area contributed by atoms with Gasteiger partial charge in [0, 0.05) is 17.4 Å². The van der Waals surface area contributed by atoms with Crippen LogP contribution >= 0.6 is 0 Å². The number of rotatable bonds is 17. The van der Waals surface area contributed by atoms with Crippen LogP contribution in [0.15, 0.2) is 23.8 Å². The van der Waals surface area contributed by atoms with Crippen molar-refractivity contribution in [3.05, 3.63) is 34.9 Å². The van der Waals surface area contributed by atoms with Crippen molar-refractivity contribution in [2.75, 3.05) is 0 Å². The third-order valence-corrected chi connectivity index (χ3v) is 27.3. The zero-order valence-electron chi connectivity index (χ0n) is 32.2. The minimum Gasteiger partial charge on any atom is -0.520 e. The Hall–Kier alpha value is -0.516. The van der Waals surface area contributed by atoms with Gasteiger partial charge in [-0.05, 0) is 136 Å². The first kappa shape index (κ1) is 39.9. The maximum atomic E-state index is 7.08. The normalized spacial score (nSPS) is 20.5. The average molecular weight is 725 g/mol. The molecule has 264 valence electrons. The van der Waals surface area contributed by atoms with Crippen molar-refractivity contribution < 1.29 is 25.6 Å². The third kappa shape index (κ3) is 11.5. The van der Waals surface area contributed by atoms with Gasteiger partial charge < -0.3 is 25.6 Å². The van der Waals surface area contributed by atoms with Crippen LogP contribution in [0, 0.1) is 5.92 Å². The molecule has 0 bridgehead atoms. The molecule has 6 nitrogen and oxygen atoms in total. The van der Waals surface area contributed by atoms with Crippen LogP contribution in [0.4, 0.5) is 0 Å². The molecule has 3 rings (SSSR count). The monoisotopic (exact) mass is 724 g/mol. The van der Waals surface area contributed by atoms with E-state index < -0.39 is 42.6 Å². The molecule has 0 radical (unpaired) electrons. The van der Waals surface area contributed by atoms with Crippen molar-refractivity contribution in [2.45, 2.75) is 169 Å².